The Hall–Kier alpha value is -1.97. The summed E-state index contributed by atoms with van der Waals surface area (Å²) in [6.45, 7) is 2.11. The molecule has 18 heavy (non-hydrogen) atoms. The number of methoxy groups -OCH3 is 1. The minimum absolute atomic E-state index is 0.272. The van der Waals surface area contributed by atoms with Gasteiger partial charge in [-0.05, 0) is 30.5 Å². The van der Waals surface area contributed by atoms with Gasteiger partial charge in [0.15, 0.2) is 0 Å². The molecule has 2 N–H and O–H groups in total. The van der Waals surface area contributed by atoms with Crippen molar-refractivity contribution in [3.63, 3.8) is 0 Å². The molecule has 0 aliphatic rings. The second-order valence-electron chi connectivity index (χ2n) is 4.35. The van der Waals surface area contributed by atoms with Crippen molar-refractivity contribution in [1.29, 1.82) is 0 Å². The number of fused-ring (bicyclic) bond motifs is 1. The number of H-pyrrole nitrogens is 1. The fourth-order valence-corrected chi connectivity index (χ4v) is 2.00. The maximum atomic E-state index is 11.4. The molecule has 0 saturated carbocycles. The fraction of sp³-hybridized carbons (Fsp3) is 0.357. The number of rotatable bonds is 4. The Morgan fingerprint density at radius 1 is 1.39 bits per heavy atom. The molecule has 1 aromatic heterocycles. The Kier molecular flexibility index (Phi) is 3.55. The van der Waals surface area contributed by atoms with E-state index < -0.39 is 5.97 Å². The van der Waals surface area contributed by atoms with Gasteiger partial charge in [0.05, 0.1) is 7.11 Å². The normalized spacial score (nSPS) is 10.8. The molecule has 0 radical (unpaired) electrons. The molecule has 0 atom stereocenters. The molecule has 0 aliphatic heterocycles. The molecule has 0 aliphatic carbocycles. The van der Waals surface area contributed by atoms with E-state index in [9.17, 15) is 9.90 Å². The monoisotopic (exact) mass is 247 g/mol. The molecule has 0 saturated heterocycles. The lowest BCUT2D eigenvalue weighted by molar-refractivity contribution is 0.0595. The molecule has 0 spiro atoms. The first-order chi connectivity index (χ1) is 8.65. The standard InChI is InChI=1S/C14H17NO3/c1-3-4-5-9-6-10-7-12(14(17)18-2)15-11(10)8-13(9)16/h6-8,15-16H,3-5H2,1-2H3. The maximum Gasteiger partial charge on any atom is 0.354 e. The van der Waals surface area contributed by atoms with Crippen LogP contribution < -0.4 is 0 Å². The van der Waals surface area contributed by atoms with Crippen LogP contribution in [-0.4, -0.2) is 23.2 Å². The summed E-state index contributed by atoms with van der Waals surface area (Å²) in [7, 11) is 1.35. The lowest BCUT2D eigenvalue weighted by atomic mass is 10.1. The number of aromatic nitrogens is 1. The zero-order valence-corrected chi connectivity index (χ0v) is 10.6. The number of hydrogen-bond donors (Lipinski definition) is 2. The van der Waals surface area contributed by atoms with Crippen molar-refractivity contribution in [1.82, 2.24) is 4.98 Å². The Balaban J connectivity index is 2.40. The molecule has 0 amide bonds. The van der Waals surface area contributed by atoms with Crippen LogP contribution in [0.1, 0.15) is 35.8 Å². The van der Waals surface area contributed by atoms with Crippen molar-refractivity contribution in [3.05, 3.63) is 29.5 Å². The Labute approximate surface area is 106 Å². The molecule has 96 valence electrons. The summed E-state index contributed by atoms with van der Waals surface area (Å²) in [6, 6.07) is 5.33. The van der Waals surface area contributed by atoms with Gasteiger partial charge in [-0.2, -0.15) is 0 Å². The summed E-state index contributed by atoms with van der Waals surface area (Å²) >= 11 is 0. The largest absolute Gasteiger partial charge is 0.508 e. The van der Waals surface area contributed by atoms with E-state index in [1.165, 1.54) is 7.11 Å². The number of phenols is 1. The summed E-state index contributed by atoms with van der Waals surface area (Å²) in [5.74, 6) is -0.130. The van der Waals surface area contributed by atoms with Crippen LogP contribution in [-0.2, 0) is 11.2 Å². The van der Waals surface area contributed by atoms with Crippen LogP contribution in [0.15, 0.2) is 18.2 Å². The third-order valence-corrected chi connectivity index (χ3v) is 3.02. The number of ether oxygens (including phenoxy) is 1. The molecule has 4 nitrogen and oxygen atoms in total. The van der Waals surface area contributed by atoms with Gasteiger partial charge in [0.2, 0.25) is 0 Å². The van der Waals surface area contributed by atoms with Gasteiger partial charge < -0.3 is 14.8 Å². The van der Waals surface area contributed by atoms with Gasteiger partial charge in [-0.25, -0.2) is 4.79 Å². The lowest BCUT2D eigenvalue weighted by Crippen LogP contribution is -2.00. The van der Waals surface area contributed by atoms with E-state index in [1.807, 2.05) is 6.07 Å². The number of unbranched alkanes of at least 4 members (excludes halogenated alkanes) is 1. The zero-order chi connectivity index (χ0) is 13.1. The molecular formula is C14H17NO3. The number of benzene rings is 1. The van der Waals surface area contributed by atoms with Crippen molar-refractivity contribution in [3.8, 4) is 5.75 Å². The Morgan fingerprint density at radius 2 is 2.17 bits per heavy atom. The van der Waals surface area contributed by atoms with E-state index in [4.69, 9.17) is 0 Å². The highest BCUT2D eigenvalue weighted by Crippen LogP contribution is 2.27. The minimum atomic E-state index is -0.402. The quantitative estimate of drug-likeness (QED) is 0.816. The average Bonchev–Trinajstić information content (AvgIpc) is 2.77. The number of hydrogen-bond acceptors (Lipinski definition) is 3. The summed E-state index contributed by atoms with van der Waals surface area (Å²) in [4.78, 5) is 14.3. The number of nitrogens with one attached hydrogen (secondary N) is 1. The zero-order valence-electron chi connectivity index (χ0n) is 10.6. The minimum Gasteiger partial charge on any atom is -0.508 e. The smallest absolute Gasteiger partial charge is 0.354 e. The molecular weight excluding hydrogens is 230 g/mol. The first kappa shape index (κ1) is 12.5. The maximum absolute atomic E-state index is 11.4. The van der Waals surface area contributed by atoms with Crippen molar-refractivity contribution in [2.24, 2.45) is 0 Å². The van der Waals surface area contributed by atoms with E-state index in [-0.39, 0.29) is 5.75 Å². The van der Waals surface area contributed by atoms with Gasteiger partial charge in [-0.1, -0.05) is 13.3 Å². The van der Waals surface area contributed by atoms with Crippen LogP contribution in [0, 0.1) is 0 Å². The van der Waals surface area contributed by atoms with Crippen LogP contribution in [0.3, 0.4) is 0 Å². The second kappa shape index (κ2) is 5.12. The lowest BCUT2D eigenvalue weighted by Gasteiger charge is -2.03. The number of phenolic OH excluding ortho intramolecular Hbond substituents is 1. The van der Waals surface area contributed by atoms with Crippen LogP contribution >= 0.6 is 0 Å². The van der Waals surface area contributed by atoms with Crippen LogP contribution in [0.5, 0.6) is 5.75 Å². The van der Waals surface area contributed by atoms with E-state index in [1.54, 1.807) is 12.1 Å². The highest BCUT2D eigenvalue weighted by atomic mass is 16.5. The van der Waals surface area contributed by atoms with Gasteiger partial charge in [-0.3, -0.25) is 0 Å². The van der Waals surface area contributed by atoms with Gasteiger partial charge in [0.1, 0.15) is 11.4 Å². The summed E-state index contributed by atoms with van der Waals surface area (Å²) in [5, 5.41) is 10.8. The third kappa shape index (κ3) is 2.32. The number of carbonyl (C=O) groups is 1. The van der Waals surface area contributed by atoms with Crippen molar-refractivity contribution in [2.45, 2.75) is 26.2 Å². The Morgan fingerprint density at radius 3 is 2.83 bits per heavy atom. The van der Waals surface area contributed by atoms with E-state index in [0.717, 1.165) is 35.7 Å². The predicted octanol–water partition coefficient (Wildman–Crippen LogP) is 3.00. The number of aryl methyl sites for hydroxylation is 1. The van der Waals surface area contributed by atoms with Crippen molar-refractivity contribution >= 4 is 16.9 Å². The van der Waals surface area contributed by atoms with Gasteiger partial charge in [0.25, 0.3) is 0 Å². The molecule has 4 heteroatoms. The molecule has 0 unspecified atom stereocenters. The van der Waals surface area contributed by atoms with Crippen LogP contribution in [0.2, 0.25) is 0 Å². The fourth-order valence-electron chi connectivity index (χ4n) is 2.00. The van der Waals surface area contributed by atoms with Crippen LogP contribution in [0.25, 0.3) is 10.9 Å². The van der Waals surface area contributed by atoms with Crippen molar-refractivity contribution in [2.75, 3.05) is 7.11 Å². The predicted molar refractivity (Wildman–Crippen MR) is 69.9 cm³/mol. The molecule has 0 bridgehead atoms. The second-order valence-corrected chi connectivity index (χ2v) is 4.35. The first-order valence-electron chi connectivity index (χ1n) is 6.08. The average molecular weight is 247 g/mol. The SMILES string of the molecule is CCCCc1cc2cc(C(=O)OC)[nH]c2cc1O. The molecule has 0 fully saturated rings. The highest BCUT2D eigenvalue weighted by Gasteiger charge is 2.11. The Bertz CT molecular complexity index is 572. The van der Waals surface area contributed by atoms with E-state index >= 15 is 0 Å². The third-order valence-electron chi connectivity index (χ3n) is 3.02. The number of esters is 1. The van der Waals surface area contributed by atoms with E-state index in [0.29, 0.717) is 5.69 Å². The van der Waals surface area contributed by atoms with Gasteiger partial charge in [-0.15, -0.1) is 0 Å². The topological polar surface area (TPSA) is 62.3 Å². The van der Waals surface area contributed by atoms with E-state index in [2.05, 4.69) is 16.6 Å². The van der Waals surface area contributed by atoms with Gasteiger partial charge >= 0.3 is 5.97 Å². The van der Waals surface area contributed by atoms with Crippen molar-refractivity contribution < 1.29 is 14.6 Å². The summed E-state index contributed by atoms with van der Waals surface area (Å²) < 4.78 is 4.66. The molecule has 1 heterocycles. The molecule has 2 rings (SSSR count). The first-order valence-corrected chi connectivity index (χ1v) is 6.08. The summed E-state index contributed by atoms with van der Waals surface area (Å²) in [5.41, 5.74) is 2.06. The molecule has 1 aromatic carbocycles. The summed E-state index contributed by atoms with van der Waals surface area (Å²) in [6.07, 6.45) is 2.96. The van der Waals surface area contributed by atoms with Gasteiger partial charge in [0, 0.05) is 17.0 Å². The van der Waals surface area contributed by atoms with Crippen LogP contribution in [0.4, 0.5) is 0 Å². The number of aromatic amines is 1. The number of aromatic hydroxyl groups is 1. The highest BCUT2D eigenvalue weighted by molar-refractivity contribution is 5.95. The molecule has 2 aromatic rings. The number of carbonyl (C=O) groups excluding carboxylic acids is 1.